The number of methoxy groups -OCH3 is 2. The number of para-hydroxylation sites is 2. The van der Waals surface area contributed by atoms with Gasteiger partial charge >= 0.3 is 11.9 Å². The third-order valence-electron chi connectivity index (χ3n) is 2.93. The highest BCUT2D eigenvalue weighted by Gasteiger charge is 2.22. The molecule has 1 heterocycles. The van der Waals surface area contributed by atoms with Crippen molar-refractivity contribution < 1.29 is 28.5 Å². The van der Waals surface area contributed by atoms with Crippen LogP contribution in [0.5, 0.6) is 5.75 Å². The van der Waals surface area contributed by atoms with Crippen LogP contribution in [0, 0.1) is 0 Å². The molecule has 118 valence electrons. The van der Waals surface area contributed by atoms with E-state index >= 15 is 0 Å². The minimum atomic E-state index is -0.688. The van der Waals surface area contributed by atoms with Crippen molar-refractivity contribution in [3.63, 3.8) is 0 Å². The molecule has 0 bridgehead atoms. The number of rotatable bonds is 6. The molecule has 1 fully saturated rings. The van der Waals surface area contributed by atoms with Gasteiger partial charge in [-0.25, -0.2) is 9.59 Å². The summed E-state index contributed by atoms with van der Waals surface area (Å²) in [4.78, 5) is 23.1. The van der Waals surface area contributed by atoms with E-state index in [1.165, 1.54) is 14.2 Å². The first kappa shape index (κ1) is 15.8. The van der Waals surface area contributed by atoms with Crippen molar-refractivity contribution in [2.45, 2.75) is 6.10 Å². The van der Waals surface area contributed by atoms with E-state index in [2.05, 4.69) is 14.8 Å². The number of benzene rings is 1. The molecule has 0 amide bonds. The standard InChI is InChI=1S/C15H17NO6/c1-19-14(17)7-12(15(18)20-2)16-11-5-3-4-6-13(11)22-10-8-21-9-10/h3-7,10,16H,8-9H2,1-2H3/b12-7+. The zero-order valence-electron chi connectivity index (χ0n) is 12.3. The van der Waals surface area contributed by atoms with Crippen molar-refractivity contribution in [1.82, 2.24) is 0 Å². The van der Waals surface area contributed by atoms with Crippen molar-refractivity contribution in [3.8, 4) is 5.75 Å². The summed E-state index contributed by atoms with van der Waals surface area (Å²) in [6, 6.07) is 7.07. The molecule has 0 atom stereocenters. The van der Waals surface area contributed by atoms with Gasteiger partial charge in [0.1, 0.15) is 17.6 Å². The molecule has 1 aliphatic rings. The second-order valence-corrected chi connectivity index (χ2v) is 4.47. The van der Waals surface area contributed by atoms with Gasteiger partial charge in [-0.1, -0.05) is 12.1 Å². The van der Waals surface area contributed by atoms with Gasteiger partial charge in [-0.15, -0.1) is 0 Å². The SMILES string of the molecule is COC(=O)/C=C(/Nc1ccccc1OC1COC1)C(=O)OC. The van der Waals surface area contributed by atoms with Gasteiger partial charge in [0, 0.05) is 0 Å². The smallest absolute Gasteiger partial charge is 0.354 e. The molecule has 0 aliphatic carbocycles. The van der Waals surface area contributed by atoms with Gasteiger partial charge in [-0.05, 0) is 12.1 Å². The van der Waals surface area contributed by atoms with Crippen LogP contribution in [-0.4, -0.2) is 45.5 Å². The summed E-state index contributed by atoms with van der Waals surface area (Å²) in [6.07, 6.45) is 1.00. The van der Waals surface area contributed by atoms with Gasteiger partial charge in [-0.2, -0.15) is 0 Å². The molecule has 1 saturated heterocycles. The molecule has 7 nitrogen and oxygen atoms in total. The van der Waals surface area contributed by atoms with Crippen molar-refractivity contribution >= 4 is 17.6 Å². The normalized spacial score (nSPS) is 14.7. The van der Waals surface area contributed by atoms with Crippen LogP contribution in [0.25, 0.3) is 0 Å². The number of ether oxygens (including phenoxy) is 4. The lowest BCUT2D eigenvalue weighted by atomic mass is 10.2. The van der Waals surface area contributed by atoms with Gasteiger partial charge in [0.05, 0.1) is 39.2 Å². The first-order valence-electron chi connectivity index (χ1n) is 6.62. The largest absolute Gasteiger partial charge is 0.483 e. The fourth-order valence-electron chi connectivity index (χ4n) is 1.71. The Bertz CT molecular complexity index is 579. The number of hydrogen-bond donors (Lipinski definition) is 1. The Kier molecular flexibility index (Phi) is 5.37. The first-order valence-corrected chi connectivity index (χ1v) is 6.62. The molecular weight excluding hydrogens is 290 g/mol. The summed E-state index contributed by atoms with van der Waals surface area (Å²) < 4.78 is 20.0. The molecule has 0 saturated carbocycles. The molecule has 0 unspecified atom stereocenters. The van der Waals surface area contributed by atoms with Gasteiger partial charge in [0.2, 0.25) is 0 Å². The summed E-state index contributed by atoms with van der Waals surface area (Å²) in [6.45, 7) is 1.05. The van der Waals surface area contributed by atoms with E-state index in [0.29, 0.717) is 24.7 Å². The van der Waals surface area contributed by atoms with Crippen LogP contribution in [-0.2, 0) is 23.8 Å². The van der Waals surface area contributed by atoms with Gasteiger partial charge < -0.3 is 24.3 Å². The number of esters is 2. The number of anilines is 1. The molecule has 0 aromatic heterocycles. The summed E-state index contributed by atoms with van der Waals surface area (Å²) in [5.41, 5.74) is 0.491. The molecule has 1 aromatic carbocycles. The topological polar surface area (TPSA) is 83.1 Å². The molecule has 2 rings (SSSR count). The molecule has 1 N–H and O–H groups in total. The Morgan fingerprint density at radius 2 is 1.95 bits per heavy atom. The van der Waals surface area contributed by atoms with E-state index in [1.54, 1.807) is 18.2 Å². The molecule has 1 aliphatic heterocycles. The van der Waals surface area contributed by atoms with E-state index < -0.39 is 11.9 Å². The fraction of sp³-hybridized carbons (Fsp3) is 0.333. The molecular formula is C15H17NO6. The van der Waals surface area contributed by atoms with Crippen LogP contribution >= 0.6 is 0 Å². The van der Waals surface area contributed by atoms with Crippen LogP contribution in [0.4, 0.5) is 5.69 Å². The third-order valence-corrected chi connectivity index (χ3v) is 2.93. The lowest BCUT2D eigenvalue weighted by Gasteiger charge is -2.27. The zero-order valence-corrected chi connectivity index (χ0v) is 12.3. The Balaban J connectivity index is 2.20. The highest BCUT2D eigenvalue weighted by molar-refractivity contribution is 5.99. The first-order chi connectivity index (χ1) is 10.6. The fourth-order valence-corrected chi connectivity index (χ4v) is 1.71. The van der Waals surface area contributed by atoms with Crippen LogP contribution < -0.4 is 10.1 Å². The predicted octanol–water partition coefficient (Wildman–Crippen LogP) is 1.11. The van der Waals surface area contributed by atoms with Crippen LogP contribution in [0.3, 0.4) is 0 Å². The Morgan fingerprint density at radius 1 is 1.23 bits per heavy atom. The number of nitrogens with one attached hydrogen (secondary N) is 1. The number of carbonyl (C=O) groups excluding carboxylic acids is 2. The van der Waals surface area contributed by atoms with E-state index in [0.717, 1.165) is 6.08 Å². The maximum absolute atomic E-state index is 11.7. The Labute approximate surface area is 127 Å². The lowest BCUT2D eigenvalue weighted by molar-refractivity contribution is -0.138. The third kappa shape index (κ3) is 3.98. The molecule has 7 heteroatoms. The summed E-state index contributed by atoms with van der Waals surface area (Å²) in [7, 11) is 2.45. The highest BCUT2D eigenvalue weighted by atomic mass is 16.6. The average Bonchev–Trinajstić information content (AvgIpc) is 2.50. The Hall–Kier alpha value is -2.54. The second-order valence-electron chi connectivity index (χ2n) is 4.47. The number of carbonyl (C=O) groups is 2. The predicted molar refractivity (Wildman–Crippen MR) is 77.4 cm³/mol. The van der Waals surface area contributed by atoms with Crippen molar-refractivity contribution in [2.75, 3.05) is 32.8 Å². The van der Waals surface area contributed by atoms with Crippen LogP contribution in [0.15, 0.2) is 36.0 Å². The van der Waals surface area contributed by atoms with Crippen molar-refractivity contribution in [3.05, 3.63) is 36.0 Å². The van der Waals surface area contributed by atoms with E-state index in [-0.39, 0.29) is 11.8 Å². The maximum Gasteiger partial charge on any atom is 0.354 e. The van der Waals surface area contributed by atoms with E-state index in [1.807, 2.05) is 6.07 Å². The molecule has 0 radical (unpaired) electrons. The minimum absolute atomic E-state index is 0.0193. The Morgan fingerprint density at radius 3 is 2.55 bits per heavy atom. The zero-order chi connectivity index (χ0) is 15.9. The maximum atomic E-state index is 11.7. The summed E-state index contributed by atoms with van der Waals surface area (Å²) in [5, 5.41) is 2.84. The van der Waals surface area contributed by atoms with Crippen molar-refractivity contribution in [2.24, 2.45) is 0 Å². The monoisotopic (exact) mass is 307 g/mol. The van der Waals surface area contributed by atoms with Gasteiger partial charge in [-0.3, -0.25) is 0 Å². The second kappa shape index (κ2) is 7.46. The number of hydrogen-bond acceptors (Lipinski definition) is 7. The minimum Gasteiger partial charge on any atom is -0.483 e. The summed E-state index contributed by atoms with van der Waals surface area (Å²) >= 11 is 0. The van der Waals surface area contributed by atoms with Gasteiger partial charge in [0.25, 0.3) is 0 Å². The van der Waals surface area contributed by atoms with Crippen LogP contribution in [0.2, 0.25) is 0 Å². The molecule has 1 aromatic rings. The summed E-state index contributed by atoms with van der Waals surface area (Å²) in [5.74, 6) is -0.804. The lowest BCUT2D eigenvalue weighted by Crippen LogP contribution is -2.38. The quantitative estimate of drug-likeness (QED) is 0.622. The van der Waals surface area contributed by atoms with E-state index in [4.69, 9.17) is 9.47 Å². The highest BCUT2D eigenvalue weighted by Crippen LogP contribution is 2.27. The molecule has 22 heavy (non-hydrogen) atoms. The van der Waals surface area contributed by atoms with Gasteiger partial charge in [0.15, 0.2) is 0 Å². The molecule has 0 spiro atoms. The van der Waals surface area contributed by atoms with E-state index in [9.17, 15) is 9.59 Å². The average molecular weight is 307 g/mol. The van der Waals surface area contributed by atoms with Crippen LogP contribution in [0.1, 0.15) is 0 Å². The van der Waals surface area contributed by atoms with Crippen molar-refractivity contribution in [1.29, 1.82) is 0 Å².